The Hall–Kier alpha value is -1.06. The summed E-state index contributed by atoms with van der Waals surface area (Å²) in [5.41, 5.74) is 2.41. The molecule has 1 unspecified atom stereocenters. The zero-order valence-electron chi connectivity index (χ0n) is 10.9. The van der Waals surface area contributed by atoms with Crippen molar-refractivity contribution >= 4 is 5.69 Å². The molecule has 0 saturated carbocycles. The maximum absolute atomic E-state index is 9.13. The number of aliphatic hydroxyl groups is 2. The molecule has 0 aromatic heterocycles. The fourth-order valence-corrected chi connectivity index (χ4v) is 1.67. The van der Waals surface area contributed by atoms with Crippen LogP contribution in [0.15, 0.2) is 24.3 Å². The van der Waals surface area contributed by atoms with Gasteiger partial charge in [-0.05, 0) is 29.5 Å². The Morgan fingerprint density at radius 1 is 1.12 bits per heavy atom. The molecular weight excluding hydrogens is 214 g/mol. The van der Waals surface area contributed by atoms with Crippen molar-refractivity contribution in [3.8, 4) is 0 Å². The number of aliphatic hydroxyl groups excluding tert-OH is 2. The van der Waals surface area contributed by atoms with E-state index in [-0.39, 0.29) is 24.7 Å². The average Bonchev–Trinajstić information content (AvgIpc) is 2.28. The summed E-state index contributed by atoms with van der Waals surface area (Å²) in [5.74, 6) is 0. The third-order valence-electron chi connectivity index (χ3n) is 2.82. The second-order valence-electron chi connectivity index (χ2n) is 5.36. The van der Waals surface area contributed by atoms with E-state index in [1.54, 1.807) is 0 Å². The van der Waals surface area contributed by atoms with Crippen LogP contribution in [0.4, 0.5) is 5.69 Å². The molecule has 3 N–H and O–H groups in total. The third-order valence-corrected chi connectivity index (χ3v) is 2.82. The summed E-state index contributed by atoms with van der Waals surface area (Å²) < 4.78 is 0. The fourth-order valence-electron chi connectivity index (χ4n) is 1.67. The van der Waals surface area contributed by atoms with E-state index in [4.69, 9.17) is 10.2 Å². The van der Waals surface area contributed by atoms with Gasteiger partial charge in [0.05, 0.1) is 12.6 Å². The molecule has 0 spiro atoms. The molecule has 1 atom stereocenters. The number of benzene rings is 1. The lowest BCUT2D eigenvalue weighted by atomic mass is 9.87. The maximum Gasteiger partial charge on any atom is 0.0633 e. The van der Waals surface area contributed by atoms with Crippen molar-refractivity contribution in [2.24, 2.45) is 0 Å². The molecule has 0 amide bonds. The van der Waals surface area contributed by atoms with E-state index in [0.29, 0.717) is 6.42 Å². The molecule has 17 heavy (non-hydrogen) atoms. The Balaban J connectivity index is 2.68. The summed E-state index contributed by atoms with van der Waals surface area (Å²) in [6.45, 7) is 6.65. The van der Waals surface area contributed by atoms with Crippen molar-refractivity contribution in [3.05, 3.63) is 29.8 Å². The van der Waals surface area contributed by atoms with Gasteiger partial charge in [-0.1, -0.05) is 32.9 Å². The third kappa shape index (κ3) is 4.36. The smallest absolute Gasteiger partial charge is 0.0633 e. The second kappa shape index (κ2) is 6.03. The first-order valence-electron chi connectivity index (χ1n) is 6.06. The molecule has 0 aliphatic rings. The molecule has 0 bridgehead atoms. The van der Waals surface area contributed by atoms with E-state index in [9.17, 15) is 0 Å². The first-order chi connectivity index (χ1) is 7.97. The molecule has 96 valence electrons. The van der Waals surface area contributed by atoms with Crippen LogP contribution in [0.1, 0.15) is 32.8 Å². The monoisotopic (exact) mass is 237 g/mol. The van der Waals surface area contributed by atoms with E-state index in [2.05, 4.69) is 38.2 Å². The lowest BCUT2D eigenvalue weighted by molar-refractivity contribution is 0.229. The van der Waals surface area contributed by atoms with Crippen LogP contribution in [0.5, 0.6) is 0 Å². The Morgan fingerprint density at radius 3 is 2.12 bits per heavy atom. The van der Waals surface area contributed by atoms with Crippen LogP contribution >= 0.6 is 0 Å². The van der Waals surface area contributed by atoms with Crippen molar-refractivity contribution in [2.75, 3.05) is 18.5 Å². The SMILES string of the molecule is CC(C)(C)c1ccc(NC(CO)CCO)cc1. The summed E-state index contributed by atoms with van der Waals surface area (Å²) >= 11 is 0. The summed E-state index contributed by atoms with van der Waals surface area (Å²) in [5, 5.41) is 21.2. The highest BCUT2D eigenvalue weighted by Crippen LogP contribution is 2.23. The minimum Gasteiger partial charge on any atom is -0.396 e. The van der Waals surface area contributed by atoms with Crippen LogP contribution in [-0.4, -0.2) is 29.5 Å². The maximum atomic E-state index is 9.13. The van der Waals surface area contributed by atoms with E-state index >= 15 is 0 Å². The Morgan fingerprint density at radius 2 is 1.71 bits per heavy atom. The predicted molar refractivity (Wildman–Crippen MR) is 71.3 cm³/mol. The topological polar surface area (TPSA) is 52.5 Å². The largest absolute Gasteiger partial charge is 0.396 e. The van der Waals surface area contributed by atoms with Gasteiger partial charge in [0.15, 0.2) is 0 Å². The zero-order chi connectivity index (χ0) is 12.9. The highest BCUT2D eigenvalue weighted by molar-refractivity contribution is 5.46. The van der Waals surface area contributed by atoms with Crippen LogP contribution in [0.25, 0.3) is 0 Å². The molecule has 3 heteroatoms. The van der Waals surface area contributed by atoms with Crippen molar-refractivity contribution in [2.45, 2.75) is 38.6 Å². The highest BCUT2D eigenvalue weighted by atomic mass is 16.3. The molecule has 0 radical (unpaired) electrons. The predicted octanol–water partition coefficient (Wildman–Crippen LogP) is 2.14. The van der Waals surface area contributed by atoms with Gasteiger partial charge < -0.3 is 15.5 Å². The van der Waals surface area contributed by atoms with Crippen LogP contribution < -0.4 is 5.32 Å². The molecule has 0 fully saturated rings. The zero-order valence-corrected chi connectivity index (χ0v) is 10.9. The van der Waals surface area contributed by atoms with E-state index in [1.807, 2.05) is 12.1 Å². The van der Waals surface area contributed by atoms with Gasteiger partial charge in [0.2, 0.25) is 0 Å². The summed E-state index contributed by atoms with van der Waals surface area (Å²) in [6, 6.07) is 8.13. The van der Waals surface area contributed by atoms with Crippen molar-refractivity contribution < 1.29 is 10.2 Å². The van der Waals surface area contributed by atoms with Gasteiger partial charge in [0.25, 0.3) is 0 Å². The van der Waals surface area contributed by atoms with Gasteiger partial charge in [0.1, 0.15) is 0 Å². The van der Waals surface area contributed by atoms with E-state index in [1.165, 1.54) is 5.56 Å². The number of hydrogen-bond donors (Lipinski definition) is 3. The number of anilines is 1. The number of rotatable bonds is 5. The van der Waals surface area contributed by atoms with Crippen molar-refractivity contribution in [3.63, 3.8) is 0 Å². The number of hydrogen-bond acceptors (Lipinski definition) is 3. The first-order valence-corrected chi connectivity index (χ1v) is 6.06. The van der Waals surface area contributed by atoms with Crippen LogP contribution in [0, 0.1) is 0 Å². The Kier molecular flexibility index (Phi) is 4.97. The van der Waals surface area contributed by atoms with E-state index in [0.717, 1.165) is 5.69 Å². The molecule has 1 aromatic carbocycles. The molecule has 0 aliphatic heterocycles. The first kappa shape index (κ1) is 14.0. The lowest BCUT2D eigenvalue weighted by Gasteiger charge is -2.21. The summed E-state index contributed by atoms with van der Waals surface area (Å²) in [6.07, 6.45) is 0.553. The van der Waals surface area contributed by atoms with Crippen molar-refractivity contribution in [1.82, 2.24) is 0 Å². The summed E-state index contributed by atoms with van der Waals surface area (Å²) in [4.78, 5) is 0. The van der Waals surface area contributed by atoms with Crippen LogP contribution in [0.3, 0.4) is 0 Å². The van der Waals surface area contributed by atoms with Crippen LogP contribution in [0.2, 0.25) is 0 Å². The van der Waals surface area contributed by atoms with Gasteiger partial charge in [0, 0.05) is 12.3 Å². The van der Waals surface area contributed by atoms with Gasteiger partial charge in [-0.3, -0.25) is 0 Å². The molecule has 0 aliphatic carbocycles. The normalized spacial score (nSPS) is 13.5. The van der Waals surface area contributed by atoms with Gasteiger partial charge in [-0.25, -0.2) is 0 Å². The average molecular weight is 237 g/mol. The minimum absolute atomic E-state index is 0.0293. The lowest BCUT2D eigenvalue weighted by Crippen LogP contribution is -2.25. The minimum atomic E-state index is -0.0829. The molecule has 1 rings (SSSR count). The molecule has 0 heterocycles. The number of nitrogens with one attached hydrogen (secondary N) is 1. The fraction of sp³-hybridized carbons (Fsp3) is 0.571. The quantitative estimate of drug-likeness (QED) is 0.735. The Labute approximate surface area is 103 Å². The molecule has 0 saturated heterocycles. The Bertz CT molecular complexity index is 327. The van der Waals surface area contributed by atoms with Crippen molar-refractivity contribution in [1.29, 1.82) is 0 Å². The molecular formula is C14H23NO2. The van der Waals surface area contributed by atoms with Gasteiger partial charge in [-0.2, -0.15) is 0 Å². The standard InChI is InChI=1S/C14H23NO2/c1-14(2,3)11-4-6-12(7-5-11)15-13(10-17)8-9-16/h4-7,13,15-17H,8-10H2,1-3H3. The summed E-state index contributed by atoms with van der Waals surface area (Å²) in [7, 11) is 0. The van der Waals surface area contributed by atoms with Crippen LogP contribution in [-0.2, 0) is 5.41 Å². The van der Waals surface area contributed by atoms with E-state index < -0.39 is 0 Å². The van der Waals surface area contributed by atoms with Gasteiger partial charge >= 0.3 is 0 Å². The highest BCUT2D eigenvalue weighted by Gasteiger charge is 2.13. The van der Waals surface area contributed by atoms with Gasteiger partial charge in [-0.15, -0.1) is 0 Å². The molecule has 3 nitrogen and oxygen atoms in total. The second-order valence-corrected chi connectivity index (χ2v) is 5.36. The molecule has 1 aromatic rings.